The van der Waals surface area contributed by atoms with Crippen molar-refractivity contribution in [2.24, 2.45) is 17.6 Å². The second kappa shape index (κ2) is 6.72. The van der Waals surface area contributed by atoms with Crippen molar-refractivity contribution in [2.45, 2.75) is 44.6 Å². The Morgan fingerprint density at radius 3 is 2.82 bits per heavy atom. The molecule has 0 aromatic heterocycles. The van der Waals surface area contributed by atoms with Gasteiger partial charge < -0.3 is 15.4 Å². The SMILES string of the molecule is COCC1CCCN(CCC2CCCC2N)C1. The van der Waals surface area contributed by atoms with Crippen molar-refractivity contribution in [1.29, 1.82) is 0 Å². The largest absolute Gasteiger partial charge is 0.384 e. The molecule has 3 atom stereocenters. The summed E-state index contributed by atoms with van der Waals surface area (Å²) in [6.07, 6.45) is 7.94. The first-order chi connectivity index (χ1) is 8.29. The first-order valence-electron chi connectivity index (χ1n) is 7.26. The summed E-state index contributed by atoms with van der Waals surface area (Å²) in [5.74, 6) is 1.55. The van der Waals surface area contributed by atoms with Gasteiger partial charge in [0.25, 0.3) is 0 Å². The molecule has 3 unspecified atom stereocenters. The Morgan fingerprint density at radius 2 is 2.12 bits per heavy atom. The van der Waals surface area contributed by atoms with Crippen molar-refractivity contribution in [1.82, 2.24) is 4.90 Å². The van der Waals surface area contributed by atoms with Crippen molar-refractivity contribution < 1.29 is 4.74 Å². The van der Waals surface area contributed by atoms with Crippen molar-refractivity contribution in [3.8, 4) is 0 Å². The molecule has 0 bridgehead atoms. The number of rotatable bonds is 5. The van der Waals surface area contributed by atoms with E-state index in [2.05, 4.69) is 4.90 Å². The molecule has 3 heteroatoms. The Bertz CT molecular complexity index is 220. The van der Waals surface area contributed by atoms with Gasteiger partial charge in [-0.2, -0.15) is 0 Å². The first-order valence-corrected chi connectivity index (χ1v) is 7.26. The summed E-state index contributed by atoms with van der Waals surface area (Å²) in [7, 11) is 1.82. The normalized spacial score (nSPS) is 35.3. The van der Waals surface area contributed by atoms with E-state index in [9.17, 15) is 0 Å². The van der Waals surface area contributed by atoms with Crippen LogP contribution >= 0.6 is 0 Å². The molecule has 0 aromatic rings. The highest BCUT2D eigenvalue weighted by Crippen LogP contribution is 2.27. The summed E-state index contributed by atoms with van der Waals surface area (Å²) in [4.78, 5) is 2.62. The standard InChI is InChI=1S/C14H28N2O/c1-17-11-12-4-3-8-16(10-12)9-7-13-5-2-6-14(13)15/h12-14H,2-11,15H2,1H3. The maximum atomic E-state index is 6.13. The van der Waals surface area contributed by atoms with Gasteiger partial charge in [-0.25, -0.2) is 0 Å². The molecular formula is C14H28N2O. The Balaban J connectivity index is 1.67. The van der Waals surface area contributed by atoms with Crippen LogP contribution < -0.4 is 5.73 Å². The molecule has 3 nitrogen and oxygen atoms in total. The lowest BCUT2D eigenvalue weighted by Gasteiger charge is -2.33. The molecule has 1 saturated carbocycles. The number of methoxy groups -OCH3 is 1. The second-order valence-corrected chi connectivity index (χ2v) is 5.91. The van der Waals surface area contributed by atoms with Gasteiger partial charge in [-0.1, -0.05) is 6.42 Å². The molecule has 17 heavy (non-hydrogen) atoms. The molecule has 100 valence electrons. The van der Waals surface area contributed by atoms with Crippen molar-refractivity contribution in [2.75, 3.05) is 33.4 Å². The summed E-state index contributed by atoms with van der Waals surface area (Å²) in [6.45, 7) is 4.69. The van der Waals surface area contributed by atoms with Crippen LogP contribution in [0.2, 0.25) is 0 Å². The molecular weight excluding hydrogens is 212 g/mol. The van der Waals surface area contributed by atoms with Crippen LogP contribution in [0.25, 0.3) is 0 Å². The molecule has 2 aliphatic rings. The zero-order valence-corrected chi connectivity index (χ0v) is 11.2. The van der Waals surface area contributed by atoms with Crippen LogP contribution in [-0.2, 0) is 4.74 Å². The molecule has 0 aromatic carbocycles. The van der Waals surface area contributed by atoms with Gasteiger partial charge in [-0.3, -0.25) is 0 Å². The van der Waals surface area contributed by atoms with Crippen molar-refractivity contribution >= 4 is 0 Å². The summed E-state index contributed by atoms with van der Waals surface area (Å²) in [5, 5.41) is 0. The van der Waals surface area contributed by atoms with Crippen LogP contribution in [0.15, 0.2) is 0 Å². The Kier molecular flexibility index (Phi) is 5.26. The van der Waals surface area contributed by atoms with Crippen LogP contribution in [0.5, 0.6) is 0 Å². The molecule has 2 rings (SSSR count). The summed E-state index contributed by atoms with van der Waals surface area (Å²) < 4.78 is 5.28. The highest BCUT2D eigenvalue weighted by molar-refractivity contribution is 4.82. The lowest BCUT2D eigenvalue weighted by Crippen LogP contribution is -2.39. The molecule has 1 saturated heterocycles. The number of nitrogens with two attached hydrogens (primary N) is 1. The summed E-state index contributed by atoms with van der Waals surface area (Å²) in [5.41, 5.74) is 6.13. The lowest BCUT2D eigenvalue weighted by atomic mass is 9.96. The van der Waals surface area contributed by atoms with E-state index in [1.807, 2.05) is 7.11 Å². The Labute approximate surface area is 106 Å². The fourth-order valence-corrected chi connectivity index (χ4v) is 3.50. The number of piperidine rings is 1. The number of likely N-dealkylation sites (tertiary alicyclic amines) is 1. The molecule has 2 N–H and O–H groups in total. The van der Waals surface area contributed by atoms with Crippen LogP contribution in [0.3, 0.4) is 0 Å². The number of hydrogen-bond acceptors (Lipinski definition) is 3. The number of hydrogen-bond donors (Lipinski definition) is 1. The third-order valence-electron chi connectivity index (χ3n) is 4.54. The summed E-state index contributed by atoms with van der Waals surface area (Å²) in [6, 6.07) is 0.481. The average molecular weight is 240 g/mol. The van der Waals surface area contributed by atoms with Gasteiger partial charge in [0.1, 0.15) is 0 Å². The average Bonchev–Trinajstić information content (AvgIpc) is 2.73. The van der Waals surface area contributed by atoms with Crippen LogP contribution in [0, 0.1) is 11.8 Å². The van der Waals surface area contributed by atoms with E-state index in [0.717, 1.165) is 18.4 Å². The minimum Gasteiger partial charge on any atom is -0.384 e. The van der Waals surface area contributed by atoms with Crippen LogP contribution in [0.1, 0.15) is 38.5 Å². The Morgan fingerprint density at radius 1 is 1.24 bits per heavy atom. The minimum atomic E-state index is 0.481. The molecule has 2 fully saturated rings. The van der Waals surface area contributed by atoms with Gasteiger partial charge in [0, 0.05) is 19.7 Å². The van der Waals surface area contributed by atoms with E-state index in [-0.39, 0.29) is 0 Å². The zero-order chi connectivity index (χ0) is 12.1. The minimum absolute atomic E-state index is 0.481. The topological polar surface area (TPSA) is 38.5 Å². The third-order valence-corrected chi connectivity index (χ3v) is 4.54. The second-order valence-electron chi connectivity index (χ2n) is 5.91. The van der Waals surface area contributed by atoms with E-state index in [1.54, 1.807) is 0 Å². The Hall–Kier alpha value is -0.120. The molecule has 1 aliphatic carbocycles. The molecule has 1 heterocycles. The monoisotopic (exact) mass is 240 g/mol. The van der Waals surface area contributed by atoms with Gasteiger partial charge in [0.15, 0.2) is 0 Å². The predicted octanol–water partition coefficient (Wildman–Crippen LogP) is 1.86. The highest BCUT2D eigenvalue weighted by atomic mass is 16.5. The highest BCUT2D eigenvalue weighted by Gasteiger charge is 2.25. The zero-order valence-electron chi connectivity index (χ0n) is 11.2. The smallest absolute Gasteiger partial charge is 0.0502 e. The fraction of sp³-hybridized carbons (Fsp3) is 1.00. The van der Waals surface area contributed by atoms with E-state index in [0.29, 0.717) is 6.04 Å². The van der Waals surface area contributed by atoms with Gasteiger partial charge in [-0.15, -0.1) is 0 Å². The van der Waals surface area contributed by atoms with Crippen molar-refractivity contribution in [3.05, 3.63) is 0 Å². The molecule has 0 spiro atoms. The van der Waals surface area contributed by atoms with Gasteiger partial charge in [0.2, 0.25) is 0 Å². The molecule has 1 aliphatic heterocycles. The van der Waals surface area contributed by atoms with Crippen LogP contribution in [0.4, 0.5) is 0 Å². The van der Waals surface area contributed by atoms with E-state index in [1.165, 1.54) is 58.2 Å². The van der Waals surface area contributed by atoms with Gasteiger partial charge in [-0.05, 0) is 57.0 Å². The number of nitrogens with zero attached hydrogens (tertiary/aromatic N) is 1. The van der Waals surface area contributed by atoms with Crippen molar-refractivity contribution in [3.63, 3.8) is 0 Å². The van der Waals surface area contributed by atoms with E-state index < -0.39 is 0 Å². The third kappa shape index (κ3) is 3.94. The van der Waals surface area contributed by atoms with E-state index in [4.69, 9.17) is 10.5 Å². The molecule has 0 amide bonds. The van der Waals surface area contributed by atoms with Gasteiger partial charge >= 0.3 is 0 Å². The predicted molar refractivity (Wildman–Crippen MR) is 71.0 cm³/mol. The molecule has 0 radical (unpaired) electrons. The maximum absolute atomic E-state index is 6.13. The van der Waals surface area contributed by atoms with Gasteiger partial charge in [0.05, 0.1) is 6.61 Å². The van der Waals surface area contributed by atoms with E-state index >= 15 is 0 Å². The lowest BCUT2D eigenvalue weighted by molar-refractivity contribution is 0.0875. The number of ether oxygens (including phenoxy) is 1. The maximum Gasteiger partial charge on any atom is 0.0502 e. The first kappa shape index (κ1) is 13.3. The fourth-order valence-electron chi connectivity index (χ4n) is 3.50. The summed E-state index contributed by atoms with van der Waals surface area (Å²) >= 11 is 0. The van der Waals surface area contributed by atoms with Crippen LogP contribution in [-0.4, -0.2) is 44.3 Å². The quantitative estimate of drug-likeness (QED) is 0.797.